The first-order valence-electron chi connectivity index (χ1n) is 6.13. The van der Waals surface area contributed by atoms with Gasteiger partial charge < -0.3 is 14.7 Å². The molecule has 1 amide bonds. The van der Waals surface area contributed by atoms with Crippen LogP contribution < -0.4 is 0 Å². The number of morpholine rings is 1. The first-order chi connectivity index (χ1) is 9.56. The lowest BCUT2D eigenvalue weighted by Gasteiger charge is -2.30. The van der Waals surface area contributed by atoms with Crippen molar-refractivity contribution >= 4 is 18.0 Å². The highest BCUT2D eigenvalue weighted by atomic mass is 19.1. The van der Waals surface area contributed by atoms with Crippen LogP contribution in [0.3, 0.4) is 0 Å². The molecule has 1 aliphatic heterocycles. The van der Waals surface area contributed by atoms with Crippen molar-refractivity contribution in [1.29, 1.82) is 0 Å². The third kappa shape index (κ3) is 3.64. The van der Waals surface area contributed by atoms with Gasteiger partial charge in [0.1, 0.15) is 5.82 Å². The van der Waals surface area contributed by atoms with E-state index >= 15 is 0 Å². The topological polar surface area (TPSA) is 66.8 Å². The van der Waals surface area contributed by atoms with Crippen LogP contribution in [0.4, 0.5) is 4.39 Å². The molecule has 0 aromatic heterocycles. The summed E-state index contributed by atoms with van der Waals surface area (Å²) in [5.41, 5.74) is 0.571. The van der Waals surface area contributed by atoms with Crippen molar-refractivity contribution in [2.75, 3.05) is 19.7 Å². The predicted molar refractivity (Wildman–Crippen MR) is 69.4 cm³/mol. The third-order valence-corrected chi connectivity index (χ3v) is 2.92. The Morgan fingerprint density at radius 2 is 2.25 bits per heavy atom. The van der Waals surface area contributed by atoms with Crippen LogP contribution in [0.5, 0.6) is 0 Å². The highest BCUT2D eigenvalue weighted by Crippen LogP contribution is 2.09. The fraction of sp³-hybridized carbons (Fsp3) is 0.286. The molecule has 0 aliphatic carbocycles. The molecule has 0 spiro atoms. The molecule has 0 saturated carbocycles. The molecule has 1 N–H and O–H groups in total. The molecule has 1 aromatic carbocycles. The number of hydrogen-bond acceptors (Lipinski definition) is 3. The Hall–Kier alpha value is -2.21. The molecule has 2 rings (SSSR count). The summed E-state index contributed by atoms with van der Waals surface area (Å²) in [4.78, 5) is 24.1. The minimum atomic E-state index is -1.09. The van der Waals surface area contributed by atoms with Gasteiger partial charge in [-0.15, -0.1) is 0 Å². The second-order valence-corrected chi connectivity index (χ2v) is 4.37. The number of benzene rings is 1. The lowest BCUT2D eigenvalue weighted by atomic mass is 10.2. The number of carboxylic acid groups (broad SMARTS) is 1. The Kier molecular flexibility index (Phi) is 4.47. The molecule has 6 heteroatoms. The van der Waals surface area contributed by atoms with Crippen molar-refractivity contribution < 1.29 is 23.8 Å². The van der Waals surface area contributed by atoms with E-state index in [-0.39, 0.29) is 24.9 Å². The Morgan fingerprint density at radius 3 is 2.95 bits per heavy atom. The van der Waals surface area contributed by atoms with E-state index in [9.17, 15) is 14.0 Å². The van der Waals surface area contributed by atoms with Crippen LogP contribution in [0.2, 0.25) is 0 Å². The standard InChI is InChI=1S/C14H14FNO4/c15-11-3-1-2-10(8-11)4-5-13(17)16-6-7-20-12(9-16)14(18)19/h1-5,8,12H,6-7,9H2,(H,18,19)/b5-4+/t12-/m0/s1. The van der Waals surface area contributed by atoms with Crippen molar-refractivity contribution in [3.05, 3.63) is 41.7 Å². The molecule has 1 aliphatic rings. The van der Waals surface area contributed by atoms with Crippen LogP contribution in [0.1, 0.15) is 5.56 Å². The lowest BCUT2D eigenvalue weighted by Crippen LogP contribution is -2.48. The van der Waals surface area contributed by atoms with Gasteiger partial charge in [-0.05, 0) is 23.8 Å². The van der Waals surface area contributed by atoms with E-state index in [0.717, 1.165) is 0 Å². The maximum absolute atomic E-state index is 13.0. The third-order valence-electron chi connectivity index (χ3n) is 2.92. The van der Waals surface area contributed by atoms with Gasteiger partial charge in [0.2, 0.25) is 5.91 Å². The van der Waals surface area contributed by atoms with Crippen LogP contribution in [-0.4, -0.2) is 47.7 Å². The maximum Gasteiger partial charge on any atom is 0.334 e. The predicted octanol–water partition coefficient (Wildman–Crippen LogP) is 1.15. The van der Waals surface area contributed by atoms with E-state index in [1.165, 1.54) is 29.2 Å². The normalized spacial score (nSPS) is 19.2. The molecule has 0 radical (unpaired) electrons. The summed E-state index contributed by atoms with van der Waals surface area (Å²) in [7, 11) is 0. The lowest BCUT2D eigenvalue weighted by molar-refractivity contribution is -0.158. The second kappa shape index (κ2) is 6.29. The van der Waals surface area contributed by atoms with Crippen molar-refractivity contribution in [3.8, 4) is 0 Å². The first-order valence-corrected chi connectivity index (χ1v) is 6.13. The zero-order valence-corrected chi connectivity index (χ0v) is 10.7. The van der Waals surface area contributed by atoms with Crippen molar-refractivity contribution in [1.82, 2.24) is 4.90 Å². The van der Waals surface area contributed by atoms with E-state index in [2.05, 4.69) is 0 Å². The van der Waals surface area contributed by atoms with Crippen LogP contribution in [0.25, 0.3) is 6.08 Å². The average Bonchev–Trinajstić information content (AvgIpc) is 2.45. The minimum absolute atomic E-state index is 0.0155. The number of rotatable bonds is 3. The van der Waals surface area contributed by atoms with Crippen LogP contribution in [0.15, 0.2) is 30.3 Å². The number of carbonyl (C=O) groups excluding carboxylic acids is 1. The number of carboxylic acids is 1. The van der Waals surface area contributed by atoms with E-state index < -0.39 is 12.1 Å². The van der Waals surface area contributed by atoms with Gasteiger partial charge in [0, 0.05) is 12.6 Å². The monoisotopic (exact) mass is 279 g/mol. The van der Waals surface area contributed by atoms with Crippen LogP contribution in [0, 0.1) is 5.82 Å². The summed E-state index contributed by atoms with van der Waals surface area (Å²) in [6, 6.07) is 5.85. The second-order valence-electron chi connectivity index (χ2n) is 4.37. The summed E-state index contributed by atoms with van der Waals surface area (Å²) in [5, 5.41) is 8.85. The van der Waals surface area contributed by atoms with Gasteiger partial charge in [0.25, 0.3) is 0 Å². The molecule has 1 aromatic rings. The number of amides is 1. The fourth-order valence-corrected chi connectivity index (χ4v) is 1.88. The molecule has 0 unspecified atom stereocenters. The molecular weight excluding hydrogens is 265 g/mol. The summed E-state index contributed by atoms with van der Waals surface area (Å²) >= 11 is 0. The van der Waals surface area contributed by atoms with E-state index in [1.807, 2.05) is 0 Å². The number of nitrogens with zero attached hydrogens (tertiary/aromatic N) is 1. The quantitative estimate of drug-likeness (QED) is 0.843. The summed E-state index contributed by atoms with van der Waals surface area (Å²) < 4.78 is 18.0. The highest BCUT2D eigenvalue weighted by molar-refractivity contribution is 5.92. The Balaban J connectivity index is 1.99. The summed E-state index contributed by atoms with van der Waals surface area (Å²) in [6.07, 6.45) is 1.81. The number of ether oxygens (including phenoxy) is 1. The average molecular weight is 279 g/mol. The van der Waals surface area contributed by atoms with Gasteiger partial charge >= 0.3 is 5.97 Å². The number of halogens is 1. The molecule has 20 heavy (non-hydrogen) atoms. The fourth-order valence-electron chi connectivity index (χ4n) is 1.88. The van der Waals surface area contributed by atoms with E-state index in [0.29, 0.717) is 12.1 Å². The molecular formula is C14H14FNO4. The van der Waals surface area contributed by atoms with Gasteiger partial charge in [-0.2, -0.15) is 0 Å². The van der Waals surface area contributed by atoms with Gasteiger partial charge in [-0.3, -0.25) is 4.79 Å². The van der Waals surface area contributed by atoms with Gasteiger partial charge in [0.05, 0.1) is 13.2 Å². The van der Waals surface area contributed by atoms with Gasteiger partial charge in [-0.25, -0.2) is 9.18 Å². The molecule has 106 valence electrons. The Morgan fingerprint density at radius 1 is 1.45 bits per heavy atom. The zero-order valence-electron chi connectivity index (χ0n) is 10.7. The molecule has 0 bridgehead atoms. The van der Waals surface area contributed by atoms with Crippen LogP contribution >= 0.6 is 0 Å². The minimum Gasteiger partial charge on any atom is -0.479 e. The molecule has 5 nitrogen and oxygen atoms in total. The molecule has 1 fully saturated rings. The maximum atomic E-state index is 13.0. The SMILES string of the molecule is O=C(O)[C@@H]1CN(C(=O)/C=C/c2cccc(F)c2)CCO1. The summed E-state index contributed by atoms with van der Waals surface area (Å²) in [5.74, 6) is -1.78. The van der Waals surface area contributed by atoms with E-state index in [1.54, 1.807) is 12.1 Å². The largest absolute Gasteiger partial charge is 0.479 e. The van der Waals surface area contributed by atoms with Crippen molar-refractivity contribution in [2.24, 2.45) is 0 Å². The zero-order chi connectivity index (χ0) is 14.5. The smallest absolute Gasteiger partial charge is 0.334 e. The van der Waals surface area contributed by atoms with E-state index in [4.69, 9.17) is 9.84 Å². The number of hydrogen-bond donors (Lipinski definition) is 1. The summed E-state index contributed by atoms with van der Waals surface area (Å²) in [6.45, 7) is 0.550. The van der Waals surface area contributed by atoms with Crippen molar-refractivity contribution in [2.45, 2.75) is 6.10 Å². The molecule has 1 atom stereocenters. The van der Waals surface area contributed by atoms with Gasteiger partial charge in [-0.1, -0.05) is 12.1 Å². The highest BCUT2D eigenvalue weighted by Gasteiger charge is 2.27. The van der Waals surface area contributed by atoms with Crippen LogP contribution in [-0.2, 0) is 14.3 Å². The molecule has 1 saturated heterocycles. The number of aliphatic carboxylic acids is 1. The Labute approximate surface area is 115 Å². The first kappa shape index (κ1) is 14.2. The number of carbonyl (C=O) groups is 2. The Bertz CT molecular complexity index is 544. The van der Waals surface area contributed by atoms with Crippen molar-refractivity contribution in [3.63, 3.8) is 0 Å². The molecule has 1 heterocycles. The van der Waals surface area contributed by atoms with Gasteiger partial charge in [0.15, 0.2) is 6.10 Å².